The number of rotatable bonds is 3. The lowest BCUT2D eigenvalue weighted by Gasteiger charge is -2.26. The lowest BCUT2D eigenvalue weighted by atomic mass is 10.4. The van der Waals surface area contributed by atoms with Gasteiger partial charge in [-0.05, 0) is 13.0 Å². The predicted molar refractivity (Wildman–Crippen MR) is 63.4 cm³/mol. The van der Waals surface area contributed by atoms with Crippen LogP contribution in [0.2, 0.25) is 0 Å². The Morgan fingerprint density at radius 2 is 2.12 bits per heavy atom. The average Bonchev–Trinajstić information content (AvgIpc) is 2.58. The molecule has 1 atom stereocenters. The third-order valence-electron chi connectivity index (χ3n) is 2.97. The van der Waals surface area contributed by atoms with E-state index in [2.05, 4.69) is 5.32 Å². The molecule has 2 rings (SSSR count). The first-order chi connectivity index (χ1) is 8.18. The molecule has 0 aliphatic carbocycles. The fourth-order valence-corrected chi connectivity index (χ4v) is 3.72. The first-order valence-corrected chi connectivity index (χ1v) is 7.67. The Bertz CT molecular complexity index is 319. The number of hydrogen-bond donors (Lipinski definition) is 1. The van der Waals surface area contributed by atoms with Gasteiger partial charge in [0.25, 0.3) is 0 Å². The molecule has 0 aromatic heterocycles. The number of ether oxygens (including phenoxy) is 2. The van der Waals surface area contributed by atoms with Crippen molar-refractivity contribution in [2.24, 2.45) is 0 Å². The number of nitrogens with zero attached hydrogens (tertiary/aromatic N) is 1. The molecule has 0 saturated carbocycles. The van der Waals surface area contributed by atoms with Crippen molar-refractivity contribution in [2.45, 2.75) is 12.5 Å². The van der Waals surface area contributed by atoms with Gasteiger partial charge in [0.05, 0.1) is 31.7 Å². The molecule has 0 bridgehead atoms. The summed E-state index contributed by atoms with van der Waals surface area (Å²) < 4.78 is 36.5. The highest BCUT2D eigenvalue weighted by Gasteiger charge is 2.28. The van der Waals surface area contributed by atoms with Gasteiger partial charge in [0.1, 0.15) is 0 Å². The zero-order chi connectivity index (χ0) is 12.1. The molecule has 2 aliphatic rings. The van der Waals surface area contributed by atoms with Crippen molar-refractivity contribution in [3.05, 3.63) is 0 Å². The van der Waals surface area contributed by atoms with Gasteiger partial charge in [-0.1, -0.05) is 0 Å². The van der Waals surface area contributed by atoms with E-state index in [1.807, 2.05) is 0 Å². The lowest BCUT2D eigenvalue weighted by Crippen LogP contribution is -2.42. The Kier molecular flexibility index (Phi) is 4.75. The normalized spacial score (nSPS) is 28.8. The van der Waals surface area contributed by atoms with E-state index in [4.69, 9.17) is 9.47 Å². The third kappa shape index (κ3) is 3.89. The Morgan fingerprint density at radius 1 is 1.24 bits per heavy atom. The molecule has 0 aromatic rings. The minimum Gasteiger partial charge on any atom is -0.376 e. The van der Waals surface area contributed by atoms with Crippen LogP contribution >= 0.6 is 0 Å². The number of hydrogen-bond acceptors (Lipinski definition) is 5. The highest BCUT2D eigenvalue weighted by atomic mass is 32.2. The van der Waals surface area contributed by atoms with E-state index < -0.39 is 10.0 Å². The summed E-state index contributed by atoms with van der Waals surface area (Å²) in [5.41, 5.74) is 0. The van der Waals surface area contributed by atoms with Crippen LogP contribution in [0, 0.1) is 0 Å². The van der Waals surface area contributed by atoms with E-state index >= 15 is 0 Å². The van der Waals surface area contributed by atoms with Crippen molar-refractivity contribution in [1.29, 1.82) is 0 Å². The summed E-state index contributed by atoms with van der Waals surface area (Å²) in [6, 6.07) is 0. The topological polar surface area (TPSA) is 67.9 Å². The summed E-state index contributed by atoms with van der Waals surface area (Å²) in [6.45, 7) is 4.19. The molecular formula is C10H20N2O4S. The van der Waals surface area contributed by atoms with Crippen molar-refractivity contribution in [1.82, 2.24) is 9.62 Å². The molecule has 100 valence electrons. The fourth-order valence-electron chi connectivity index (χ4n) is 2.07. The predicted octanol–water partition coefficient (Wildman–Crippen LogP) is -0.973. The van der Waals surface area contributed by atoms with Gasteiger partial charge in [-0.3, -0.25) is 0 Å². The van der Waals surface area contributed by atoms with Gasteiger partial charge in [0.2, 0.25) is 10.0 Å². The first kappa shape index (κ1) is 13.2. The van der Waals surface area contributed by atoms with Crippen LogP contribution in [0.4, 0.5) is 0 Å². The molecule has 0 amide bonds. The largest absolute Gasteiger partial charge is 0.376 e. The maximum atomic E-state index is 12.2. The second kappa shape index (κ2) is 6.10. The Hall–Kier alpha value is -0.210. The number of nitrogens with one attached hydrogen (secondary N) is 1. The quantitative estimate of drug-likeness (QED) is 0.710. The molecule has 7 heteroatoms. The smallest absolute Gasteiger partial charge is 0.216 e. The van der Waals surface area contributed by atoms with Crippen LogP contribution in [-0.4, -0.2) is 70.6 Å². The maximum absolute atomic E-state index is 12.2. The minimum atomic E-state index is -3.22. The van der Waals surface area contributed by atoms with Gasteiger partial charge in [-0.25, -0.2) is 12.7 Å². The molecule has 2 saturated heterocycles. The molecule has 6 nitrogen and oxygen atoms in total. The van der Waals surface area contributed by atoms with Crippen molar-refractivity contribution in [3.8, 4) is 0 Å². The molecule has 2 heterocycles. The molecule has 2 aliphatic heterocycles. The Balaban J connectivity index is 1.91. The van der Waals surface area contributed by atoms with Gasteiger partial charge >= 0.3 is 0 Å². The molecule has 1 unspecified atom stereocenters. The van der Waals surface area contributed by atoms with Crippen LogP contribution in [0.5, 0.6) is 0 Å². The average molecular weight is 264 g/mol. The van der Waals surface area contributed by atoms with Crippen LogP contribution in [0.1, 0.15) is 6.42 Å². The zero-order valence-corrected chi connectivity index (χ0v) is 10.7. The van der Waals surface area contributed by atoms with E-state index in [0.29, 0.717) is 32.9 Å². The summed E-state index contributed by atoms with van der Waals surface area (Å²) in [4.78, 5) is 0. The lowest BCUT2D eigenvalue weighted by molar-refractivity contribution is -0.0785. The SMILES string of the molecule is O=S(=O)(CC1COCCO1)N1CCCNCC1. The van der Waals surface area contributed by atoms with Gasteiger partial charge in [0, 0.05) is 19.6 Å². The van der Waals surface area contributed by atoms with Gasteiger partial charge in [-0.2, -0.15) is 0 Å². The van der Waals surface area contributed by atoms with Crippen LogP contribution in [0.25, 0.3) is 0 Å². The molecular weight excluding hydrogens is 244 g/mol. The van der Waals surface area contributed by atoms with Gasteiger partial charge in [0.15, 0.2) is 0 Å². The number of sulfonamides is 1. The highest BCUT2D eigenvalue weighted by Crippen LogP contribution is 2.10. The highest BCUT2D eigenvalue weighted by molar-refractivity contribution is 7.89. The van der Waals surface area contributed by atoms with Crippen LogP contribution in [0.15, 0.2) is 0 Å². The molecule has 0 spiro atoms. The summed E-state index contributed by atoms with van der Waals surface area (Å²) >= 11 is 0. The summed E-state index contributed by atoms with van der Waals surface area (Å²) in [5.74, 6) is 0.0347. The maximum Gasteiger partial charge on any atom is 0.216 e. The third-order valence-corrected chi connectivity index (χ3v) is 4.92. The van der Waals surface area contributed by atoms with Crippen molar-refractivity contribution in [3.63, 3.8) is 0 Å². The molecule has 17 heavy (non-hydrogen) atoms. The molecule has 1 N–H and O–H groups in total. The van der Waals surface area contributed by atoms with Crippen LogP contribution in [0.3, 0.4) is 0 Å². The van der Waals surface area contributed by atoms with E-state index in [9.17, 15) is 8.42 Å². The van der Waals surface area contributed by atoms with E-state index in [1.54, 1.807) is 4.31 Å². The van der Waals surface area contributed by atoms with Crippen LogP contribution in [-0.2, 0) is 19.5 Å². The molecule has 2 fully saturated rings. The zero-order valence-electron chi connectivity index (χ0n) is 9.93. The second-order valence-corrected chi connectivity index (χ2v) is 6.36. The van der Waals surface area contributed by atoms with Crippen molar-refractivity contribution < 1.29 is 17.9 Å². The van der Waals surface area contributed by atoms with E-state index in [-0.39, 0.29) is 11.9 Å². The second-order valence-electron chi connectivity index (χ2n) is 4.35. The summed E-state index contributed by atoms with van der Waals surface area (Å²) in [6.07, 6.45) is 0.548. The van der Waals surface area contributed by atoms with E-state index in [1.165, 1.54) is 0 Å². The van der Waals surface area contributed by atoms with Crippen molar-refractivity contribution in [2.75, 3.05) is 51.8 Å². The first-order valence-electron chi connectivity index (χ1n) is 6.06. The van der Waals surface area contributed by atoms with Crippen molar-refractivity contribution >= 4 is 10.0 Å². The Labute approximate surface area is 102 Å². The standard InChI is InChI=1S/C10H20N2O4S/c13-17(14,9-10-8-15-6-7-16-10)12-4-1-2-11-3-5-12/h10-11H,1-9H2. The van der Waals surface area contributed by atoms with E-state index in [0.717, 1.165) is 19.5 Å². The Morgan fingerprint density at radius 3 is 2.88 bits per heavy atom. The summed E-state index contributed by atoms with van der Waals surface area (Å²) in [5, 5.41) is 3.19. The van der Waals surface area contributed by atoms with Gasteiger partial charge in [-0.15, -0.1) is 0 Å². The summed E-state index contributed by atoms with van der Waals surface area (Å²) in [7, 11) is -3.22. The van der Waals surface area contributed by atoms with Gasteiger partial charge < -0.3 is 14.8 Å². The monoisotopic (exact) mass is 264 g/mol. The van der Waals surface area contributed by atoms with Crippen LogP contribution < -0.4 is 5.32 Å². The minimum absolute atomic E-state index is 0.0347. The molecule has 0 aromatic carbocycles. The molecule has 0 radical (unpaired) electrons. The fraction of sp³-hybridized carbons (Fsp3) is 1.00.